The van der Waals surface area contributed by atoms with E-state index in [1.54, 1.807) is 0 Å². The van der Waals surface area contributed by atoms with E-state index in [-0.39, 0.29) is 12.5 Å². The number of rotatable bonds is 4. The van der Waals surface area contributed by atoms with E-state index in [0.29, 0.717) is 12.4 Å². The van der Waals surface area contributed by atoms with Crippen molar-refractivity contribution in [3.05, 3.63) is 29.8 Å². The third-order valence-corrected chi connectivity index (χ3v) is 2.33. The molecule has 0 radical (unpaired) electrons. The Labute approximate surface area is 104 Å². The van der Waals surface area contributed by atoms with Crippen LogP contribution in [0, 0.1) is 0 Å². The van der Waals surface area contributed by atoms with Crippen molar-refractivity contribution in [1.29, 1.82) is 0 Å². The molecule has 1 N–H and O–H groups in total. The first-order valence-corrected chi connectivity index (χ1v) is 5.58. The molecule has 0 saturated carbocycles. The number of ether oxygens (including phenoxy) is 1. The molecule has 6 nitrogen and oxygen atoms in total. The minimum atomic E-state index is -0.509. The van der Waals surface area contributed by atoms with Gasteiger partial charge in [0, 0.05) is 5.56 Å². The highest BCUT2D eigenvalue weighted by Gasteiger charge is 2.25. The van der Waals surface area contributed by atoms with Crippen molar-refractivity contribution in [3.8, 4) is 5.75 Å². The average molecular weight is 247 g/mol. The summed E-state index contributed by atoms with van der Waals surface area (Å²) in [5, 5.41) is 7.18. The van der Waals surface area contributed by atoms with E-state index in [1.165, 1.54) is 6.21 Å². The van der Waals surface area contributed by atoms with Gasteiger partial charge in [0.1, 0.15) is 12.3 Å². The van der Waals surface area contributed by atoms with Crippen LogP contribution in [-0.4, -0.2) is 36.3 Å². The highest BCUT2D eigenvalue weighted by molar-refractivity contribution is 6.02. The number of nitrogens with one attached hydrogen (secondary N) is 1. The van der Waals surface area contributed by atoms with Gasteiger partial charge in [-0.2, -0.15) is 5.10 Å². The van der Waals surface area contributed by atoms with Crippen LogP contribution in [0.4, 0.5) is 4.79 Å². The molecule has 1 fully saturated rings. The summed E-state index contributed by atoms with van der Waals surface area (Å²) in [4.78, 5) is 22.2. The predicted molar refractivity (Wildman–Crippen MR) is 65.4 cm³/mol. The molecule has 0 unspecified atom stereocenters. The Morgan fingerprint density at radius 3 is 2.89 bits per heavy atom. The molecule has 3 amide bonds. The Morgan fingerprint density at radius 2 is 2.22 bits per heavy atom. The zero-order chi connectivity index (χ0) is 13.0. The van der Waals surface area contributed by atoms with Crippen molar-refractivity contribution < 1.29 is 14.3 Å². The molecule has 1 heterocycles. The minimum absolute atomic E-state index is 0.0495. The molecule has 1 saturated heterocycles. The van der Waals surface area contributed by atoms with E-state index in [0.717, 1.165) is 10.6 Å². The topological polar surface area (TPSA) is 71.0 Å². The van der Waals surface area contributed by atoms with Gasteiger partial charge in [-0.1, -0.05) is 12.1 Å². The summed E-state index contributed by atoms with van der Waals surface area (Å²) >= 11 is 0. The van der Waals surface area contributed by atoms with Gasteiger partial charge in [0.2, 0.25) is 5.91 Å². The van der Waals surface area contributed by atoms with Crippen LogP contribution in [0.25, 0.3) is 0 Å². The fourth-order valence-corrected chi connectivity index (χ4v) is 1.53. The number of amides is 3. The van der Waals surface area contributed by atoms with Gasteiger partial charge < -0.3 is 4.74 Å². The quantitative estimate of drug-likeness (QED) is 0.636. The van der Waals surface area contributed by atoms with Crippen LogP contribution in [-0.2, 0) is 4.79 Å². The molecule has 1 aliphatic heterocycles. The summed E-state index contributed by atoms with van der Waals surface area (Å²) in [7, 11) is 0. The molecule has 0 atom stereocenters. The standard InChI is InChI=1S/C12H13N3O3/c1-2-18-10-6-4-3-5-9(10)7-13-15-8-11(16)14-12(15)17/h3-7H,2,8H2,1H3,(H,14,16,17). The van der Waals surface area contributed by atoms with Gasteiger partial charge in [0.15, 0.2) is 0 Å². The molecular formula is C12H13N3O3. The Balaban J connectivity index is 2.13. The molecule has 1 aliphatic rings. The van der Waals surface area contributed by atoms with E-state index in [9.17, 15) is 9.59 Å². The van der Waals surface area contributed by atoms with Gasteiger partial charge in [-0.3, -0.25) is 10.1 Å². The molecule has 0 aliphatic carbocycles. The maximum Gasteiger partial charge on any atom is 0.344 e. The van der Waals surface area contributed by atoms with Crippen molar-refractivity contribution in [3.63, 3.8) is 0 Å². The van der Waals surface area contributed by atoms with Crippen LogP contribution in [0.2, 0.25) is 0 Å². The van der Waals surface area contributed by atoms with Crippen LogP contribution < -0.4 is 10.1 Å². The molecule has 0 spiro atoms. The number of para-hydroxylation sites is 1. The summed E-state index contributed by atoms with van der Waals surface area (Å²) in [6.45, 7) is 2.39. The molecule has 2 rings (SSSR count). The monoisotopic (exact) mass is 247 g/mol. The van der Waals surface area contributed by atoms with Crippen LogP contribution in [0.15, 0.2) is 29.4 Å². The predicted octanol–water partition coefficient (Wildman–Crippen LogP) is 0.971. The van der Waals surface area contributed by atoms with E-state index >= 15 is 0 Å². The van der Waals surface area contributed by atoms with Crippen molar-refractivity contribution in [1.82, 2.24) is 10.3 Å². The van der Waals surface area contributed by atoms with Crippen molar-refractivity contribution >= 4 is 18.2 Å². The number of urea groups is 1. The molecule has 6 heteroatoms. The first-order chi connectivity index (χ1) is 8.70. The Kier molecular flexibility index (Phi) is 3.57. The number of imide groups is 1. The Hall–Kier alpha value is -2.37. The number of nitrogens with zero attached hydrogens (tertiary/aromatic N) is 2. The SMILES string of the molecule is CCOc1ccccc1C=NN1CC(=O)NC1=O. The van der Waals surface area contributed by atoms with Crippen molar-refractivity contribution in [2.75, 3.05) is 13.2 Å². The van der Waals surface area contributed by atoms with E-state index in [4.69, 9.17) is 4.74 Å². The molecule has 0 bridgehead atoms. The molecule has 94 valence electrons. The minimum Gasteiger partial charge on any atom is -0.493 e. The van der Waals surface area contributed by atoms with Gasteiger partial charge in [-0.15, -0.1) is 0 Å². The lowest BCUT2D eigenvalue weighted by Gasteiger charge is -2.07. The second-order valence-electron chi connectivity index (χ2n) is 3.63. The number of benzene rings is 1. The number of carbonyl (C=O) groups excluding carboxylic acids is 2. The van der Waals surface area contributed by atoms with Gasteiger partial charge in [-0.25, -0.2) is 9.80 Å². The lowest BCUT2D eigenvalue weighted by molar-refractivity contribution is -0.118. The second kappa shape index (κ2) is 5.31. The van der Waals surface area contributed by atoms with E-state index in [2.05, 4.69) is 10.4 Å². The Morgan fingerprint density at radius 1 is 1.44 bits per heavy atom. The second-order valence-corrected chi connectivity index (χ2v) is 3.63. The summed E-state index contributed by atoms with van der Waals surface area (Å²) in [6.07, 6.45) is 1.50. The normalized spacial score (nSPS) is 15.3. The number of hydrogen-bond acceptors (Lipinski definition) is 4. The Bertz CT molecular complexity index is 499. The van der Waals surface area contributed by atoms with Crippen LogP contribution >= 0.6 is 0 Å². The zero-order valence-corrected chi connectivity index (χ0v) is 9.92. The van der Waals surface area contributed by atoms with Crippen LogP contribution in [0.1, 0.15) is 12.5 Å². The molecule has 0 aromatic heterocycles. The first kappa shape index (κ1) is 12.1. The smallest absolute Gasteiger partial charge is 0.344 e. The summed E-state index contributed by atoms with van der Waals surface area (Å²) in [5.74, 6) is 0.338. The molecule has 1 aromatic carbocycles. The number of hydrogen-bond donors (Lipinski definition) is 1. The summed E-state index contributed by atoms with van der Waals surface area (Å²) in [5.41, 5.74) is 0.756. The van der Waals surface area contributed by atoms with Gasteiger partial charge >= 0.3 is 6.03 Å². The van der Waals surface area contributed by atoms with Crippen molar-refractivity contribution in [2.45, 2.75) is 6.92 Å². The zero-order valence-electron chi connectivity index (χ0n) is 9.92. The van der Waals surface area contributed by atoms with E-state index in [1.807, 2.05) is 31.2 Å². The molecule has 18 heavy (non-hydrogen) atoms. The van der Waals surface area contributed by atoms with Gasteiger partial charge in [0.25, 0.3) is 0 Å². The maximum absolute atomic E-state index is 11.3. The fraction of sp³-hybridized carbons (Fsp3) is 0.250. The first-order valence-electron chi connectivity index (χ1n) is 5.58. The van der Waals surface area contributed by atoms with Gasteiger partial charge in [-0.05, 0) is 19.1 Å². The number of carbonyl (C=O) groups is 2. The molecular weight excluding hydrogens is 234 g/mol. The largest absolute Gasteiger partial charge is 0.493 e. The lowest BCUT2D eigenvalue weighted by atomic mass is 10.2. The van der Waals surface area contributed by atoms with Gasteiger partial charge in [0.05, 0.1) is 12.8 Å². The van der Waals surface area contributed by atoms with Crippen molar-refractivity contribution in [2.24, 2.45) is 5.10 Å². The third kappa shape index (κ3) is 2.65. The third-order valence-electron chi connectivity index (χ3n) is 2.33. The average Bonchev–Trinajstić information content (AvgIpc) is 2.67. The summed E-state index contributed by atoms with van der Waals surface area (Å²) < 4.78 is 5.42. The van der Waals surface area contributed by atoms with Crippen LogP contribution in [0.5, 0.6) is 5.75 Å². The highest BCUT2D eigenvalue weighted by atomic mass is 16.5. The fourth-order valence-electron chi connectivity index (χ4n) is 1.53. The maximum atomic E-state index is 11.3. The molecule has 1 aromatic rings. The number of hydrazone groups is 1. The summed E-state index contributed by atoms with van der Waals surface area (Å²) in [6, 6.07) is 6.84. The highest BCUT2D eigenvalue weighted by Crippen LogP contribution is 2.16. The van der Waals surface area contributed by atoms with Crippen LogP contribution in [0.3, 0.4) is 0 Å². The van der Waals surface area contributed by atoms with E-state index < -0.39 is 6.03 Å². The lowest BCUT2D eigenvalue weighted by Crippen LogP contribution is -2.24.